The summed E-state index contributed by atoms with van der Waals surface area (Å²) in [5.74, 6) is 1.95. The summed E-state index contributed by atoms with van der Waals surface area (Å²) in [6, 6.07) is 16.6. The van der Waals surface area contributed by atoms with Crippen LogP contribution in [0.2, 0.25) is 0 Å². The molecule has 0 amide bonds. The molecule has 1 saturated heterocycles. The number of nitrogens with one attached hydrogen (secondary N) is 2. The lowest BCUT2D eigenvalue weighted by molar-refractivity contribution is 0.129. The van der Waals surface area contributed by atoms with Crippen molar-refractivity contribution in [1.29, 1.82) is 0 Å². The van der Waals surface area contributed by atoms with Gasteiger partial charge in [-0.2, -0.15) is 0 Å². The molecule has 0 unspecified atom stereocenters. The van der Waals surface area contributed by atoms with Crippen LogP contribution in [0.1, 0.15) is 24.0 Å². The predicted molar refractivity (Wildman–Crippen MR) is 120 cm³/mol. The number of para-hydroxylation sites is 2. The summed E-state index contributed by atoms with van der Waals surface area (Å²) in [5.41, 5.74) is 3.88. The average molecular weight is 391 g/mol. The molecule has 1 aliphatic heterocycles. The summed E-state index contributed by atoms with van der Waals surface area (Å²) >= 11 is 0. The molecule has 2 heterocycles. The van der Waals surface area contributed by atoms with E-state index in [4.69, 9.17) is 4.74 Å². The molecule has 5 nitrogen and oxygen atoms in total. The number of ether oxygens (including phenoxy) is 1. The van der Waals surface area contributed by atoms with Gasteiger partial charge in [-0.3, -0.25) is 4.99 Å². The largest absolute Gasteiger partial charge is 0.490 e. The monoisotopic (exact) mass is 390 g/mol. The van der Waals surface area contributed by atoms with Gasteiger partial charge in [0.2, 0.25) is 0 Å². The van der Waals surface area contributed by atoms with Gasteiger partial charge in [-0.05, 0) is 36.6 Å². The lowest BCUT2D eigenvalue weighted by Gasteiger charge is -2.34. The number of guanidine groups is 1. The Labute approximate surface area is 172 Å². The SMILES string of the molecule is CN=C(NCCc1c[nH]c2c(C)cccc12)N1CCC(Oc2ccccc2)CC1. The van der Waals surface area contributed by atoms with Crippen LogP contribution < -0.4 is 10.1 Å². The van der Waals surface area contributed by atoms with Crippen LogP contribution in [0.4, 0.5) is 0 Å². The molecule has 0 saturated carbocycles. The maximum Gasteiger partial charge on any atom is 0.193 e. The minimum Gasteiger partial charge on any atom is -0.490 e. The zero-order chi connectivity index (χ0) is 20.1. The van der Waals surface area contributed by atoms with Crippen LogP contribution in [0.15, 0.2) is 59.7 Å². The van der Waals surface area contributed by atoms with Gasteiger partial charge in [-0.15, -0.1) is 0 Å². The molecule has 4 rings (SSSR count). The Morgan fingerprint density at radius 2 is 1.93 bits per heavy atom. The highest BCUT2D eigenvalue weighted by Gasteiger charge is 2.22. The second kappa shape index (κ2) is 9.03. The Kier molecular flexibility index (Phi) is 6.03. The molecule has 3 aromatic rings. The third-order valence-corrected chi connectivity index (χ3v) is 5.69. The van der Waals surface area contributed by atoms with Crippen molar-refractivity contribution < 1.29 is 4.74 Å². The summed E-state index contributed by atoms with van der Waals surface area (Å²) in [6.07, 6.45) is 5.40. The zero-order valence-electron chi connectivity index (χ0n) is 17.3. The number of piperidine rings is 1. The number of hydrogen-bond donors (Lipinski definition) is 2. The Bertz CT molecular complexity index is 955. The van der Waals surface area contributed by atoms with E-state index in [2.05, 4.69) is 51.5 Å². The van der Waals surface area contributed by atoms with Crippen molar-refractivity contribution in [3.63, 3.8) is 0 Å². The number of nitrogens with zero attached hydrogens (tertiary/aromatic N) is 2. The highest BCUT2D eigenvalue weighted by atomic mass is 16.5. The quantitative estimate of drug-likeness (QED) is 0.509. The van der Waals surface area contributed by atoms with E-state index in [-0.39, 0.29) is 6.10 Å². The molecule has 0 bridgehead atoms. The fraction of sp³-hybridized carbons (Fsp3) is 0.375. The van der Waals surface area contributed by atoms with Crippen molar-refractivity contribution in [3.05, 3.63) is 65.9 Å². The third kappa shape index (κ3) is 4.56. The molecule has 152 valence electrons. The number of aliphatic imine (C=N–C) groups is 1. The fourth-order valence-electron chi connectivity index (χ4n) is 4.09. The first kappa shape index (κ1) is 19.4. The lowest BCUT2D eigenvalue weighted by atomic mass is 10.1. The minimum atomic E-state index is 0.279. The van der Waals surface area contributed by atoms with Crippen LogP contribution in [0.5, 0.6) is 5.75 Å². The minimum absolute atomic E-state index is 0.279. The van der Waals surface area contributed by atoms with Crippen molar-refractivity contribution in [2.45, 2.75) is 32.3 Å². The van der Waals surface area contributed by atoms with Gasteiger partial charge >= 0.3 is 0 Å². The van der Waals surface area contributed by atoms with Gasteiger partial charge in [-0.25, -0.2) is 0 Å². The Morgan fingerprint density at radius 1 is 1.14 bits per heavy atom. The van der Waals surface area contributed by atoms with Crippen molar-refractivity contribution in [2.24, 2.45) is 4.99 Å². The van der Waals surface area contributed by atoms with E-state index in [0.717, 1.165) is 50.6 Å². The normalized spacial score (nSPS) is 15.7. The van der Waals surface area contributed by atoms with Gasteiger partial charge in [0.05, 0.1) is 0 Å². The third-order valence-electron chi connectivity index (χ3n) is 5.69. The first-order valence-corrected chi connectivity index (χ1v) is 10.5. The van der Waals surface area contributed by atoms with Crippen molar-refractivity contribution in [2.75, 3.05) is 26.7 Å². The number of aryl methyl sites for hydroxylation is 1. The topological polar surface area (TPSA) is 52.7 Å². The number of aromatic nitrogens is 1. The van der Waals surface area contributed by atoms with E-state index in [9.17, 15) is 0 Å². The fourth-order valence-corrected chi connectivity index (χ4v) is 4.09. The van der Waals surface area contributed by atoms with Gasteiger partial charge in [0.25, 0.3) is 0 Å². The van der Waals surface area contributed by atoms with Gasteiger partial charge < -0.3 is 19.9 Å². The van der Waals surface area contributed by atoms with Crippen LogP contribution in [0.3, 0.4) is 0 Å². The van der Waals surface area contributed by atoms with Crippen molar-refractivity contribution in [3.8, 4) is 5.75 Å². The number of fused-ring (bicyclic) bond motifs is 1. The molecular formula is C24H30N4O. The molecule has 0 spiro atoms. The van der Waals surface area contributed by atoms with Gasteiger partial charge in [0.15, 0.2) is 5.96 Å². The van der Waals surface area contributed by atoms with Crippen LogP contribution in [0.25, 0.3) is 10.9 Å². The molecule has 29 heavy (non-hydrogen) atoms. The van der Waals surface area contributed by atoms with Crippen LogP contribution in [0, 0.1) is 6.92 Å². The van der Waals surface area contributed by atoms with Gasteiger partial charge in [0.1, 0.15) is 11.9 Å². The maximum atomic E-state index is 6.11. The number of H-pyrrole nitrogens is 1. The van der Waals surface area contributed by atoms with Crippen LogP contribution >= 0.6 is 0 Å². The first-order valence-electron chi connectivity index (χ1n) is 10.5. The summed E-state index contributed by atoms with van der Waals surface area (Å²) in [6.45, 7) is 4.94. The van der Waals surface area contributed by atoms with Crippen LogP contribution in [-0.4, -0.2) is 48.6 Å². The summed E-state index contributed by atoms with van der Waals surface area (Å²) < 4.78 is 6.11. The van der Waals surface area contributed by atoms with E-state index >= 15 is 0 Å². The summed E-state index contributed by atoms with van der Waals surface area (Å²) in [5, 5.41) is 4.86. The first-order chi connectivity index (χ1) is 14.2. The molecule has 0 radical (unpaired) electrons. The molecule has 1 aromatic heterocycles. The highest BCUT2D eigenvalue weighted by molar-refractivity contribution is 5.86. The molecule has 1 aliphatic rings. The number of aromatic amines is 1. The van der Waals surface area contributed by atoms with Crippen molar-refractivity contribution >= 4 is 16.9 Å². The van der Waals surface area contributed by atoms with Crippen LogP contribution in [-0.2, 0) is 6.42 Å². The van der Waals surface area contributed by atoms with E-state index in [1.54, 1.807) is 0 Å². The van der Waals surface area contributed by atoms with E-state index in [0.29, 0.717) is 0 Å². The maximum absolute atomic E-state index is 6.11. The molecule has 5 heteroatoms. The Morgan fingerprint density at radius 3 is 2.69 bits per heavy atom. The smallest absolute Gasteiger partial charge is 0.193 e. The lowest BCUT2D eigenvalue weighted by Crippen LogP contribution is -2.47. The number of hydrogen-bond acceptors (Lipinski definition) is 2. The highest BCUT2D eigenvalue weighted by Crippen LogP contribution is 2.22. The second-order valence-electron chi connectivity index (χ2n) is 7.65. The van der Waals surface area contributed by atoms with E-state index in [1.807, 2.05) is 37.4 Å². The molecule has 1 fully saturated rings. The number of rotatable bonds is 5. The number of benzene rings is 2. The second-order valence-corrected chi connectivity index (χ2v) is 7.65. The average Bonchev–Trinajstić information content (AvgIpc) is 3.17. The van der Waals surface area contributed by atoms with E-state index < -0.39 is 0 Å². The van der Waals surface area contributed by atoms with Gasteiger partial charge in [0, 0.05) is 56.6 Å². The Hall–Kier alpha value is -2.95. The zero-order valence-corrected chi connectivity index (χ0v) is 17.3. The molecule has 0 aliphatic carbocycles. The standard InChI is InChI=1S/C24H30N4O/c1-18-7-6-10-22-19(17-27-23(18)22)11-14-26-24(25-2)28-15-12-21(13-16-28)29-20-8-4-3-5-9-20/h3-10,17,21,27H,11-16H2,1-2H3,(H,25,26). The predicted octanol–water partition coefficient (Wildman–Crippen LogP) is 4.14. The molecule has 2 N–H and O–H groups in total. The number of likely N-dealkylation sites (tertiary alicyclic amines) is 1. The molecule has 2 aromatic carbocycles. The molecule has 0 atom stereocenters. The van der Waals surface area contributed by atoms with Gasteiger partial charge in [-0.1, -0.05) is 36.4 Å². The van der Waals surface area contributed by atoms with E-state index in [1.165, 1.54) is 22.0 Å². The summed E-state index contributed by atoms with van der Waals surface area (Å²) in [7, 11) is 1.87. The van der Waals surface area contributed by atoms with Crippen molar-refractivity contribution in [1.82, 2.24) is 15.2 Å². The molecular weight excluding hydrogens is 360 g/mol. The summed E-state index contributed by atoms with van der Waals surface area (Å²) in [4.78, 5) is 10.3. The Balaban J connectivity index is 1.27.